The maximum atomic E-state index is 12.6. The van der Waals surface area contributed by atoms with Gasteiger partial charge < -0.3 is 25.2 Å². The van der Waals surface area contributed by atoms with Crippen molar-refractivity contribution in [2.24, 2.45) is 0 Å². The lowest BCUT2D eigenvalue weighted by molar-refractivity contribution is -0.131. The number of methoxy groups -OCH3 is 1. The topological polar surface area (TPSA) is 115 Å². The van der Waals surface area contributed by atoms with Gasteiger partial charge in [-0.3, -0.25) is 19.3 Å². The van der Waals surface area contributed by atoms with Crippen LogP contribution in [0.4, 0.5) is 28.7 Å². The molecule has 4 heterocycles. The first kappa shape index (κ1) is 33.8. The van der Waals surface area contributed by atoms with E-state index in [0.29, 0.717) is 57.9 Å². The van der Waals surface area contributed by atoms with Crippen molar-refractivity contribution in [1.29, 1.82) is 0 Å². The Labute approximate surface area is 290 Å². The molecule has 3 fully saturated rings. The number of halogens is 2. The Balaban J connectivity index is 1.21. The summed E-state index contributed by atoms with van der Waals surface area (Å²) in [5.41, 5.74) is 2.96. The normalized spacial score (nSPS) is 18.9. The van der Waals surface area contributed by atoms with E-state index < -0.39 is 0 Å². The van der Waals surface area contributed by atoms with Crippen LogP contribution >= 0.6 is 23.2 Å². The molecule has 12 nitrogen and oxygen atoms in total. The number of nitrogens with one attached hydrogen (secondary N) is 2. The van der Waals surface area contributed by atoms with Crippen LogP contribution in [0.2, 0.25) is 10.0 Å². The van der Waals surface area contributed by atoms with E-state index in [4.69, 9.17) is 32.8 Å². The molecule has 254 valence electrons. The Morgan fingerprint density at radius 2 is 1.79 bits per heavy atom. The molecule has 2 aromatic carbocycles. The second-order valence-electron chi connectivity index (χ2n) is 12.0. The first-order valence-electron chi connectivity index (χ1n) is 16.1. The van der Waals surface area contributed by atoms with Crippen molar-refractivity contribution in [2.45, 2.75) is 38.3 Å². The monoisotopic (exact) mass is 694 g/mol. The zero-order valence-electron chi connectivity index (χ0n) is 27.1. The summed E-state index contributed by atoms with van der Waals surface area (Å²) >= 11 is 12.9. The first-order chi connectivity index (χ1) is 23.2. The standard InChI is InChI=1S/C34H40Cl2N8O4/c1-4-33(46)40-26-18-27(30(47-3)19-29(26)43-11-8-23(9-12-43)42-15-13-41(14-16-42)22(2)45)39-31-20-32(38-21-37-31)44-28(10-17-48-44)24-6-5-7-25(35)34(24)36/h4-7,18-21,23,28H,1,8-17H2,2-3H3,(H,40,46)(H,37,38,39)/t28-/m1/s1. The van der Waals surface area contributed by atoms with Crippen molar-refractivity contribution in [3.63, 3.8) is 0 Å². The highest BCUT2D eigenvalue weighted by molar-refractivity contribution is 6.42. The summed E-state index contributed by atoms with van der Waals surface area (Å²) in [7, 11) is 1.61. The number of piperidine rings is 1. The van der Waals surface area contributed by atoms with Gasteiger partial charge in [0.15, 0.2) is 5.82 Å². The highest BCUT2D eigenvalue weighted by Crippen LogP contribution is 2.42. The number of benzene rings is 2. The number of hydroxylamine groups is 1. The number of hydrogen-bond acceptors (Lipinski definition) is 10. The van der Waals surface area contributed by atoms with Crippen LogP contribution in [0.5, 0.6) is 5.75 Å². The van der Waals surface area contributed by atoms with Gasteiger partial charge in [-0.15, -0.1) is 0 Å². The molecule has 3 saturated heterocycles. The zero-order valence-corrected chi connectivity index (χ0v) is 28.6. The van der Waals surface area contributed by atoms with Crippen molar-refractivity contribution in [2.75, 3.05) is 73.6 Å². The number of carbonyl (C=O) groups is 2. The van der Waals surface area contributed by atoms with E-state index in [1.54, 1.807) is 31.2 Å². The van der Waals surface area contributed by atoms with E-state index in [-0.39, 0.29) is 17.9 Å². The third-order valence-corrected chi connectivity index (χ3v) is 10.1. The first-order valence-corrected chi connectivity index (χ1v) is 16.9. The number of hydrogen-bond donors (Lipinski definition) is 2. The number of amides is 2. The van der Waals surface area contributed by atoms with Crippen LogP contribution in [0.3, 0.4) is 0 Å². The fourth-order valence-corrected chi connectivity index (χ4v) is 7.12. The minimum absolute atomic E-state index is 0.138. The Morgan fingerprint density at radius 1 is 1.02 bits per heavy atom. The molecule has 1 atom stereocenters. The summed E-state index contributed by atoms with van der Waals surface area (Å²) in [6.07, 6.45) is 5.37. The van der Waals surface area contributed by atoms with Crippen LogP contribution in [-0.4, -0.2) is 90.6 Å². The van der Waals surface area contributed by atoms with Gasteiger partial charge in [-0.05, 0) is 36.6 Å². The van der Waals surface area contributed by atoms with E-state index in [9.17, 15) is 9.59 Å². The van der Waals surface area contributed by atoms with Crippen LogP contribution in [-0.2, 0) is 14.4 Å². The van der Waals surface area contributed by atoms with Gasteiger partial charge in [0.05, 0.1) is 46.9 Å². The fourth-order valence-electron chi connectivity index (χ4n) is 6.68. The summed E-state index contributed by atoms with van der Waals surface area (Å²) in [5, 5.41) is 9.04. The summed E-state index contributed by atoms with van der Waals surface area (Å²) in [6.45, 7) is 10.7. The van der Waals surface area contributed by atoms with Gasteiger partial charge in [-0.2, -0.15) is 0 Å². The fraction of sp³-hybridized carbons (Fsp3) is 0.412. The number of ether oxygens (including phenoxy) is 1. The summed E-state index contributed by atoms with van der Waals surface area (Å²) in [6, 6.07) is 11.4. The molecule has 0 saturated carbocycles. The number of rotatable bonds is 9. The van der Waals surface area contributed by atoms with Gasteiger partial charge in [-0.25, -0.2) is 15.0 Å². The van der Waals surface area contributed by atoms with Crippen molar-refractivity contribution in [3.8, 4) is 5.75 Å². The molecule has 3 aliphatic heterocycles. The summed E-state index contributed by atoms with van der Waals surface area (Å²) in [4.78, 5) is 45.9. The Morgan fingerprint density at radius 3 is 2.50 bits per heavy atom. The molecule has 0 unspecified atom stereocenters. The molecule has 3 aromatic rings. The zero-order chi connectivity index (χ0) is 33.8. The van der Waals surface area contributed by atoms with Crippen molar-refractivity contribution in [1.82, 2.24) is 19.8 Å². The number of aromatic nitrogens is 2. The van der Waals surface area contributed by atoms with Gasteiger partial charge in [0.1, 0.15) is 17.9 Å². The van der Waals surface area contributed by atoms with Gasteiger partial charge >= 0.3 is 0 Å². The lowest BCUT2D eigenvalue weighted by atomic mass is 10.0. The summed E-state index contributed by atoms with van der Waals surface area (Å²) in [5.74, 6) is 1.47. The smallest absolute Gasteiger partial charge is 0.247 e. The highest BCUT2D eigenvalue weighted by atomic mass is 35.5. The average Bonchev–Trinajstić information content (AvgIpc) is 3.60. The highest BCUT2D eigenvalue weighted by Gasteiger charge is 2.32. The van der Waals surface area contributed by atoms with E-state index >= 15 is 0 Å². The van der Waals surface area contributed by atoms with E-state index in [0.717, 1.165) is 63.4 Å². The molecule has 2 amide bonds. The molecule has 0 aliphatic carbocycles. The maximum absolute atomic E-state index is 12.6. The molecule has 3 aliphatic rings. The number of piperazine rings is 1. The largest absolute Gasteiger partial charge is 0.494 e. The third-order valence-electron chi connectivity index (χ3n) is 9.23. The second-order valence-corrected chi connectivity index (χ2v) is 12.8. The molecular weight excluding hydrogens is 655 g/mol. The van der Waals surface area contributed by atoms with E-state index in [1.165, 1.54) is 12.4 Å². The number of nitrogens with zero attached hydrogens (tertiary/aromatic N) is 6. The van der Waals surface area contributed by atoms with Gasteiger partial charge in [0.25, 0.3) is 0 Å². The van der Waals surface area contributed by atoms with Crippen molar-refractivity contribution < 1.29 is 19.2 Å². The molecular formula is C34H40Cl2N8O4. The van der Waals surface area contributed by atoms with Crippen LogP contribution < -0.4 is 25.3 Å². The van der Waals surface area contributed by atoms with Gasteiger partial charge in [-0.1, -0.05) is 41.9 Å². The molecule has 0 radical (unpaired) electrons. The third kappa shape index (κ3) is 7.31. The molecule has 6 rings (SSSR count). The van der Waals surface area contributed by atoms with Gasteiger partial charge in [0.2, 0.25) is 11.8 Å². The van der Waals surface area contributed by atoms with E-state index in [1.807, 2.05) is 29.2 Å². The quantitative estimate of drug-likeness (QED) is 0.271. The lowest BCUT2D eigenvalue weighted by Crippen LogP contribution is -2.54. The summed E-state index contributed by atoms with van der Waals surface area (Å²) < 4.78 is 5.84. The predicted molar refractivity (Wildman–Crippen MR) is 188 cm³/mol. The van der Waals surface area contributed by atoms with E-state index in [2.05, 4.69) is 37.0 Å². The average molecular weight is 696 g/mol. The lowest BCUT2D eigenvalue weighted by Gasteiger charge is -2.43. The van der Waals surface area contributed by atoms with Crippen LogP contribution in [0.1, 0.15) is 37.8 Å². The Bertz CT molecular complexity index is 1660. The maximum Gasteiger partial charge on any atom is 0.247 e. The molecule has 14 heteroatoms. The van der Waals surface area contributed by atoms with Gasteiger partial charge in [0, 0.05) is 70.8 Å². The molecule has 0 bridgehead atoms. The van der Waals surface area contributed by atoms with Crippen molar-refractivity contribution in [3.05, 3.63) is 71.0 Å². The number of carbonyl (C=O) groups excluding carboxylic acids is 2. The molecule has 48 heavy (non-hydrogen) atoms. The Kier molecular flexibility index (Phi) is 10.5. The minimum Gasteiger partial charge on any atom is -0.494 e. The minimum atomic E-state index is -0.313. The predicted octanol–water partition coefficient (Wildman–Crippen LogP) is 5.68. The molecule has 1 aromatic heterocycles. The van der Waals surface area contributed by atoms with Crippen LogP contribution in [0, 0.1) is 0 Å². The molecule has 2 N–H and O–H groups in total. The van der Waals surface area contributed by atoms with Crippen LogP contribution in [0.25, 0.3) is 0 Å². The Hall–Kier alpha value is -4.10. The van der Waals surface area contributed by atoms with Crippen molar-refractivity contribution >= 4 is 63.7 Å². The SMILES string of the molecule is C=CC(=O)Nc1cc(Nc2cc(N3OCC[C@@H]3c3cccc(Cl)c3Cl)ncn2)c(OC)cc1N1CCC(N2CCN(C(C)=O)CC2)CC1. The van der Waals surface area contributed by atoms with Crippen LogP contribution in [0.15, 0.2) is 55.4 Å². The second kappa shape index (κ2) is 15.0. The molecule has 0 spiro atoms. The number of anilines is 5.